The van der Waals surface area contributed by atoms with Gasteiger partial charge in [-0.05, 0) is 24.3 Å². The number of pyridine rings is 2. The van der Waals surface area contributed by atoms with Gasteiger partial charge in [0.1, 0.15) is 0 Å². The Morgan fingerprint density at radius 1 is 1.07 bits per heavy atom. The van der Waals surface area contributed by atoms with Gasteiger partial charge in [-0.1, -0.05) is 6.07 Å². The quantitative estimate of drug-likeness (QED) is 0.547. The largest absolute Gasteiger partial charge is 0.255 e. The molecule has 2 heterocycles. The molecule has 0 radical (unpaired) electrons. The van der Waals surface area contributed by atoms with Crippen molar-refractivity contribution in [3.8, 4) is 11.4 Å². The van der Waals surface area contributed by atoms with Gasteiger partial charge in [-0.25, -0.2) is 4.79 Å². The molecule has 4 nitrogen and oxygen atoms in total. The summed E-state index contributed by atoms with van der Waals surface area (Å²) in [5.74, 6) is 0. The summed E-state index contributed by atoms with van der Waals surface area (Å²) in [6, 6.07) is 9.06. The van der Waals surface area contributed by atoms with Gasteiger partial charge >= 0.3 is 0 Å². The predicted octanol–water partition coefficient (Wildman–Crippen LogP) is 2.11. The van der Waals surface area contributed by atoms with Crippen LogP contribution in [0, 0.1) is 0 Å². The first-order valence-corrected chi connectivity index (χ1v) is 4.35. The number of isocyanates is 1. The Morgan fingerprint density at radius 2 is 1.93 bits per heavy atom. The van der Waals surface area contributed by atoms with Crippen molar-refractivity contribution in [2.45, 2.75) is 0 Å². The second-order valence-electron chi connectivity index (χ2n) is 2.82. The van der Waals surface area contributed by atoms with Gasteiger partial charge in [0.25, 0.3) is 0 Å². The minimum atomic E-state index is 0.490. The van der Waals surface area contributed by atoms with E-state index in [-0.39, 0.29) is 0 Å². The van der Waals surface area contributed by atoms with E-state index in [1.54, 1.807) is 18.3 Å². The number of nitrogens with zero attached hydrogens (tertiary/aromatic N) is 3. The molecule has 0 spiro atoms. The fourth-order valence-electron chi connectivity index (χ4n) is 1.17. The molecule has 0 amide bonds. The summed E-state index contributed by atoms with van der Waals surface area (Å²) in [7, 11) is 0. The van der Waals surface area contributed by atoms with Gasteiger partial charge in [0.2, 0.25) is 6.08 Å². The van der Waals surface area contributed by atoms with E-state index in [1.165, 1.54) is 12.3 Å². The molecule has 4 heteroatoms. The zero-order chi connectivity index (χ0) is 10.5. The minimum Gasteiger partial charge on any atom is -0.255 e. The lowest BCUT2D eigenvalue weighted by atomic mass is 10.2. The van der Waals surface area contributed by atoms with Crippen LogP contribution in [0.2, 0.25) is 0 Å². The summed E-state index contributed by atoms with van der Waals surface area (Å²) in [6.45, 7) is 0. The van der Waals surface area contributed by atoms with Crippen molar-refractivity contribution < 1.29 is 4.79 Å². The molecule has 2 aromatic heterocycles. The van der Waals surface area contributed by atoms with Gasteiger partial charge in [-0.15, -0.1) is 0 Å². The van der Waals surface area contributed by atoms with Crippen LogP contribution >= 0.6 is 0 Å². The molecule has 2 rings (SSSR count). The average molecular weight is 197 g/mol. The van der Waals surface area contributed by atoms with Crippen molar-refractivity contribution in [2.75, 3.05) is 0 Å². The number of hydrogen-bond donors (Lipinski definition) is 0. The molecule has 0 bridgehead atoms. The minimum absolute atomic E-state index is 0.490. The third-order valence-corrected chi connectivity index (χ3v) is 1.85. The lowest BCUT2D eigenvalue weighted by Crippen LogP contribution is -1.84. The first-order chi connectivity index (χ1) is 7.40. The Bertz CT molecular complexity index is 487. The number of aromatic nitrogens is 2. The molecule has 0 N–H and O–H groups in total. The second-order valence-corrected chi connectivity index (χ2v) is 2.82. The van der Waals surface area contributed by atoms with E-state index in [1.807, 2.05) is 18.2 Å². The highest BCUT2D eigenvalue weighted by atomic mass is 16.1. The Balaban J connectivity index is 2.36. The van der Waals surface area contributed by atoms with Crippen molar-refractivity contribution in [1.29, 1.82) is 0 Å². The topological polar surface area (TPSA) is 55.2 Å². The molecule has 0 aliphatic heterocycles. The Morgan fingerprint density at radius 3 is 2.53 bits per heavy atom. The van der Waals surface area contributed by atoms with Gasteiger partial charge in [0, 0.05) is 6.20 Å². The molecule has 0 atom stereocenters. The molecule has 72 valence electrons. The fraction of sp³-hybridized carbons (Fsp3) is 0. The number of carbonyl (C=O) groups excluding carboxylic acids is 1. The number of hydrogen-bond acceptors (Lipinski definition) is 4. The first-order valence-electron chi connectivity index (χ1n) is 4.35. The third-order valence-electron chi connectivity index (χ3n) is 1.85. The Kier molecular flexibility index (Phi) is 2.63. The third kappa shape index (κ3) is 2.13. The zero-order valence-electron chi connectivity index (χ0n) is 7.79. The molecule has 0 saturated carbocycles. The van der Waals surface area contributed by atoms with E-state index in [0.717, 1.165) is 11.4 Å². The summed E-state index contributed by atoms with van der Waals surface area (Å²) in [5, 5.41) is 0. The number of rotatable bonds is 2. The maximum atomic E-state index is 10.00. The summed E-state index contributed by atoms with van der Waals surface area (Å²) >= 11 is 0. The summed E-state index contributed by atoms with van der Waals surface area (Å²) in [5.41, 5.74) is 2.03. The van der Waals surface area contributed by atoms with Gasteiger partial charge in [-0.2, -0.15) is 4.99 Å². The Labute approximate surface area is 86.3 Å². The van der Waals surface area contributed by atoms with Crippen LogP contribution in [0.4, 0.5) is 5.69 Å². The summed E-state index contributed by atoms with van der Waals surface area (Å²) in [4.78, 5) is 21.7. The van der Waals surface area contributed by atoms with Gasteiger partial charge < -0.3 is 0 Å². The van der Waals surface area contributed by atoms with Gasteiger partial charge in [-0.3, -0.25) is 9.97 Å². The smallest absolute Gasteiger partial charge is 0.240 e. The van der Waals surface area contributed by atoms with Crippen LogP contribution in [0.1, 0.15) is 0 Å². The maximum Gasteiger partial charge on any atom is 0.240 e. The molecular weight excluding hydrogens is 190 g/mol. The lowest BCUT2D eigenvalue weighted by molar-refractivity contribution is 0.565. The van der Waals surface area contributed by atoms with Crippen LogP contribution in [0.25, 0.3) is 11.4 Å². The fourth-order valence-corrected chi connectivity index (χ4v) is 1.17. The van der Waals surface area contributed by atoms with Crippen molar-refractivity contribution in [3.05, 3.63) is 42.7 Å². The SMILES string of the molecule is O=C=Nc1ccc(-c2ccccn2)nc1. The van der Waals surface area contributed by atoms with Crippen LogP contribution in [0.3, 0.4) is 0 Å². The molecule has 0 aliphatic carbocycles. The van der Waals surface area contributed by atoms with Crippen LogP contribution in [0.5, 0.6) is 0 Å². The molecule has 2 aromatic rings. The van der Waals surface area contributed by atoms with Crippen molar-refractivity contribution in [2.24, 2.45) is 4.99 Å². The van der Waals surface area contributed by atoms with Crippen LogP contribution in [-0.4, -0.2) is 16.0 Å². The standard InChI is InChI=1S/C11H7N3O/c15-8-14-9-4-5-11(13-7-9)10-3-1-2-6-12-10/h1-7H. The first kappa shape index (κ1) is 9.24. The van der Waals surface area contributed by atoms with E-state index in [4.69, 9.17) is 0 Å². The Hall–Kier alpha value is -2.32. The molecule has 0 aliphatic rings. The highest BCUT2D eigenvalue weighted by Gasteiger charge is 1.98. The zero-order valence-corrected chi connectivity index (χ0v) is 7.79. The molecule has 0 fully saturated rings. The van der Waals surface area contributed by atoms with E-state index >= 15 is 0 Å². The molecule has 15 heavy (non-hydrogen) atoms. The van der Waals surface area contributed by atoms with E-state index in [9.17, 15) is 4.79 Å². The molecule has 0 saturated heterocycles. The molecule has 0 aromatic carbocycles. The van der Waals surface area contributed by atoms with Crippen LogP contribution in [-0.2, 0) is 4.79 Å². The monoisotopic (exact) mass is 197 g/mol. The number of aliphatic imine (C=N–C) groups is 1. The molecule has 0 unspecified atom stereocenters. The average Bonchev–Trinajstić information content (AvgIpc) is 2.32. The van der Waals surface area contributed by atoms with Crippen LogP contribution in [0.15, 0.2) is 47.7 Å². The summed E-state index contributed by atoms with van der Waals surface area (Å²) in [6.07, 6.45) is 4.67. The van der Waals surface area contributed by atoms with Crippen molar-refractivity contribution in [1.82, 2.24) is 9.97 Å². The maximum absolute atomic E-state index is 10.00. The highest BCUT2D eigenvalue weighted by molar-refractivity contribution is 5.57. The van der Waals surface area contributed by atoms with E-state index in [0.29, 0.717) is 5.69 Å². The van der Waals surface area contributed by atoms with Gasteiger partial charge in [0.15, 0.2) is 0 Å². The lowest BCUT2D eigenvalue weighted by Gasteiger charge is -1.98. The van der Waals surface area contributed by atoms with Crippen LogP contribution < -0.4 is 0 Å². The van der Waals surface area contributed by atoms with Crippen molar-refractivity contribution >= 4 is 11.8 Å². The normalized spacial score (nSPS) is 9.33. The predicted molar refractivity (Wildman–Crippen MR) is 55.2 cm³/mol. The van der Waals surface area contributed by atoms with Gasteiger partial charge in [0.05, 0.1) is 23.3 Å². The second kappa shape index (κ2) is 4.26. The van der Waals surface area contributed by atoms with E-state index in [2.05, 4.69) is 15.0 Å². The van der Waals surface area contributed by atoms with Crippen molar-refractivity contribution in [3.63, 3.8) is 0 Å². The summed E-state index contributed by atoms with van der Waals surface area (Å²) < 4.78 is 0. The molecular formula is C11H7N3O. The highest BCUT2D eigenvalue weighted by Crippen LogP contribution is 2.16. The van der Waals surface area contributed by atoms with E-state index < -0.39 is 0 Å².